The van der Waals surface area contributed by atoms with Crippen molar-refractivity contribution < 1.29 is 19.1 Å². The summed E-state index contributed by atoms with van der Waals surface area (Å²) in [5.41, 5.74) is 0.542. The summed E-state index contributed by atoms with van der Waals surface area (Å²) in [6.45, 7) is 1.93. The molecule has 2 aliphatic heterocycles. The lowest BCUT2D eigenvalue weighted by atomic mass is 9.71. The van der Waals surface area contributed by atoms with Gasteiger partial charge in [-0.2, -0.15) is 0 Å². The van der Waals surface area contributed by atoms with E-state index < -0.39 is 11.4 Å². The second kappa shape index (κ2) is 9.07. The molecule has 0 aromatic heterocycles. The zero-order valence-electron chi connectivity index (χ0n) is 17.2. The Morgan fingerprint density at radius 2 is 1.77 bits per heavy atom. The first kappa shape index (κ1) is 21.9. The molecule has 1 spiro atoms. The molecule has 8 heteroatoms. The Morgan fingerprint density at radius 3 is 2.45 bits per heavy atom. The van der Waals surface area contributed by atoms with Gasteiger partial charge < -0.3 is 19.7 Å². The van der Waals surface area contributed by atoms with Crippen molar-refractivity contribution in [1.29, 1.82) is 0 Å². The first-order valence-electron chi connectivity index (χ1n) is 10.2. The lowest BCUT2D eigenvalue weighted by Gasteiger charge is -2.47. The molecule has 1 atom stereocenters. The van der Waals surface area contributed by atoms with Gasteiger partial charge >= 0.3 is 5.97 Å². The SMILES string of the molecule is COC(=O)c1cc(Cl)ccc1OC1CN(c2ccc(Cl)cc2)C(=O)C2(CCNCC2)C1. The lowest BCUT2D eigenvalue weighted by molar-refractivity contribution is -0.134. The van der Waals surface area contributed by atoms with E-state index in [2.05, 4.69) is 5.32 Å². The number of esters is 1. The molecule has 164 valence electrons. The molecule has 2 saturated heterocycles. The van der Waals surface area contributed by atoms with E-state index in [4.69, 9.17) is 32.7 Å². The van der Waals surface area contributed by atoms with Crippen molar-refractivity contribution in [2.75, 3.05) is 31.6 Å². The van der Waals surface area contributed by atoms with Crippen LogP contribution in [0.15, 0.2) is 42.5 Å². The molecule has 2 aliphatic rings. The first-order chi connectivity index (χ1) is 14.9. The van der Waals surface area contributed by atoms with Crippen LogP contribution in [-0.4, -0.2) is 44.7 Å². The van der Waals surface area contributed by atoms with Gasteiger partial charge in [0.25, 0.3) is 0 Å². The minimum Gasteiger partial charge on any atom is -0.488 e. The highest BCUT2D eigenvalue weighted by atomic mass is 35.5. The molecule has 4 rings (SSSR count). The smallest absolute Gasteiger partial charge is 0.341 e. The number of methoxy groups -OCH3 is 1. The Kier molecular flexibility index (Phi) is 6.42. The largest absolute Gasteiger partial charge is 0.488 e. The van der Waals surface area contributed by atoms with Crippen LogP contribution in [0.1, 0.15) is 29.6 Å². The lowest BCUT2D eigenvalue weighted by Crippen LogP contribution is -2.58. The molecule has 0 saturated carbocycles. The number of nitrogens with zero attached hydrogens (tertiary/aromatic N) is 1. The number of ether oxygens (including phenoxy) is 2. The molecule has 1 amide bonds. The minimum atomic E-state index is -0.518. The van der Waals surface area contributed by atoms with E-state index in [1.807, 2.05) is 12.1 Å². The topological polar surface area (TPSA) is 67.9 Å². The number of hydrogen-bond acceptors (Lipinski definition) is 5. The highest BCUT2D eigenvalue weighted by molar-refractivity contribution is 6.31. The molecule has 2 aromatic carbocycles. The molecule has 2 heterocycles. The molecule has 6 nitrogen and oxygen atoms in total. The second-order valence-electron chi connectivity index (χ2n) is 8.00. The summed E-state index contributed by atoms with van der Waals surface area (Å²) in [6, 6.07) is 12.1. The van der Waals surface area contributed by atoms with Gasteiger partial charge in [0.15, 0.2) is 0 Å². The average molecular weight is 463 g/mol. The van der Waals surface area contributed by atoms with E-state index in [0.717, 1.165) is 31.6 Å². The maximum absolute atomic E-state index is 13.6. The number of anilines is 1. The number of nitrogens with one attached hydrogen (secondary N) is 1. The number of halogens is 2. The normalized spacial score (nSPS) is 20.5. The molecule has 0 bridgehead atoms. The molecule has 0 radical (unpaired) electrons. The van der Waals surface area contributed by atoms with Gasteiger partial charge in [-0.1, -0.05) is 23.2 Å². The van der Waals surface area contributed by atoms with Crippen molar-refractivity contribution in [2.24, 2.45) is 5.41 Å². The Hall–Kier alpha value is -2.28. The zero-order valence-corrected chi connectivity index (χ0v) is 18.7. The minimum absolute atomic E-state index is 0.112. The Balaban J connectivity index is 1.67. The van der Waals surface area contributed by atoms with E-state index in [9.17, 15) is 9.59 Å². The van der Waals surface area contributed by atoms with Crippen molar-refractivity contribution in [3.8, 4) is 5.75 Å². The number of piperidine rings is 2. The van der Waals surface area contributed by atoms with E-state index in [1.165, 1.54) is 13.2 Å². The summed E-state index contributed by atoms with van der Waals surface area (Å²) in [5.74, 6) is -0.00766. The van der Waals surface area contributed by atoms with Crippen LogP contribution in [-0.2, 0) is 9.53 Å². The third kappa shape index (κ3) is 4.52. The van der Waals surface area contributed by atoms with Gasteiger partial charge in [-0.05, 0) is 68.4 Å². The highest BCUT2D eigenvalue weighted by Crippen LogP contribution is 2.42. The highest BCUT2D eigenvalue weighted by Gasteiger charge is 2.49. The van der Waals surface area contributed by atoms with Gasteiger partial charge in [0.1, 0.15) is 17.4 Å². The Bertz CT molecular complexity index is 974. The van der Waals surface area contributed by atoms with Crippen LogP contribution in [0.4, 0.5) is 5.69 Å². The number of amides is 1. The van der Waals surface area contributed by atoms with Gasteiger partial charge in [0.05, 0.1) is 19.1 Å². The van der Waals surface area contributed by atoms with Crippen LogP contribution < -0.4 is 15.0 Å². The molecule has 31 heavy (non-hydrogen) atoms. The molecular formula is C23H24Cl2N2O4. The van der Waals surface area contributed by atoms with E-state index in [1.54, 1.807) is 29.2 Å². The summed E-state index contributed by atoms with van der Waals surface area (Å²) in [5, 5.41) is 4.37. The van der Waals surface area contributed by atoms with E-state index in [-0.39, 0.29) is 17.6 Å². The molecule has 1 N–H and O–H groups in total. The van der Waals surface area contributed by atoms with E-state index >= 15 is 0 Å². The first-order valence-corrected chi connectivity index (χ1v) is 11.0. The molecule has 1 unspecified atom stereocenters. The van der Waals surface area contributed by atoms with Crippen molar-refractivity contribution >= 4 is 40.8 Å². The maximum atomic E-state index is 13.6. The summed E-state index contributed by atoms with van der Waals surface area (Å²) < 4.78 is 11.2. The molecule has 2 aromatic rings. The standard InChI is InChI=1S/C23H24Cl2N2O4/c1-30-21(28)19-12-16(25)4-7-20(19)31-18-13-23(8-10-26-11-9-23)22(29)27(14-18)17-5-2-15(24)3-6-17/h2-7,12,18,26H,8-11,13-14H2,1H3. The van der Waals surface area contributed by atoms with Gasteiger partial charge in [-0.25, -0.2) is 4.79 Å². The van der Waals surface area contributed by atoms with Crippen LogP contribution >= 0.6 is 23.2 Å². The van der Waals surface area contributed by atoms with Gasteiger partial charge in [-0.15, -0.1) is 0 Å². The zero-order chi connectivity index (χ0) is 22.0. The van der Waals surface area contributed by atoms with Crippen LogP contribution in [0.3, 0.4) is 0 Å². The Labute approximate surface area is 191 Å². The van der Waals surface area contributed by atoms with Crippen molar-refractivity contribution in [3.63, 3.8) is 0 Å². The average Bonchev–Trinajstić information content (AvgIpc) is 2.78. The summed E-state index contributed by atoms with van der Waals surface area (Å²) in [7, 11) is 1.32. The predicted octanol–water partition coefficient (Wildman–Crippen LogP) is 4.33. The maximum Gasteiger partial charge on any atom is 0.341 e. The summed E-state index contributed by atoms with van der Waals surface area (Å²) >= 11 is 12.1. The fourth-order valence-electron chi connectivity index (χ4n) is 4.46. The predicted molar refractivity (Wildman–Crippen MR) is 120 cm³/mol. The second-order valence-corrected chi connectivity index (χ2v) is 8.87. The number of rotatable bonds is 4. The molecular weight excluding hydrogens is 439 g/mol. The fourth-order valence-corrected chi connectivity index (χ4v) is 4.76. The monoisotopic (exact) mass is 462 g/mol. The summed E-state index contributed by atoms with van der Waals surface area (Å²) in [6.07, 6.45) is 1.76. The molecule has 0 aliphatic carbocycles. The van der Waals surface area contributed by atoms with Crippen molar-refractivity contribution in [1.82, 2.24) is 5.32 Å². The van der Waals surface area contributed by atoms with Crippen molar-refractivity contribution in [3.05, 3.63) is 58.1 Å². The van der Waals surface area contributed by atoms with Gasteiger partial charge in [0, 0.05) is 22.2 Å². The number of carbonyl (C=O) groups excluding carboxylic acids is 2. The van der Waals surface area contributed by atoms with Gasteiger partial charge in [-0.3, -0.25) is 4.79 Å². The molecule has 2 fully saturated rings. The van der Waals surface area contributed by atoms with Crippen LogP contribution in [0.2, 0.25) is 10.0 Å². The van der Waals surface area contributed by atoms with Crippen LogP contribution in [0, 0.1) is 5.41 Å². The fraction of sp³-hybridized carbons (Fsp3) is 0.391. The number of benzene rings is 2. The van der Waals surface area contributed by atoms with Crippen LogP contribution in [0.5, 0.6) is 5.75 Å². The number of hydrogen-bond donors (Lipinski definition) is 1. The third-order valence-corrected chi connectivity index (χ3v) is 6.53. The third-order valence-electron chi connectivity index (χ3n) is 6.04. The Morgan fingerprint density at radius 1 is 1.10 bits per heavy atom. The van der Waals surface area contributed by atoms with Crippen LogP contribution in [0.25, 0.3) is 0 Å². The van der Waals surface area contributed by atoms with Crippen molar-refractivity contribution in [2.45, 2.75) is 25.4 Å². The van der Waals surface area contributed by atoms with Gasteiger partial charge in [0.2, 0.25) is 5.91 Å². The quantitative estimate of drug-likeness (QED) is 0.684. The number of carbonyl (C=O) groups is 2. The van der Waals surface area contributed by atoms with E-state index in [0.29, 0.717) is 28.8 Å². The summed E-state index contributed by atoms with van der Waals surface area (Å²) in [4.78, 5) is 27.6.